The Morgan fingerprint density at radius 3 is 2.68 bits per heavy atom. The first-order chi connectivity index (χ1) is 13.5. The number of nitrogens with one attached hydrogen (secondary N) is 1. The van der Waals surface area contributed by atoms with Crippen LogP contribution in [-0.2, 0) is 30.7 Å². The highest BCUT2D eigenvalue weighted by atomic mass is 32.1. The minimum Gasteiger partial charge on any atom is -0.548 e. The molecule has 0 radical (unpaired) electrons. The van der Waals surface area contributed by atoms with Gasteiger partial charge in [0.2, 0.25) is 0 Å². The molecule has 1 aliphatic carbocycles. The molecular weight excluding hydrogens is 378 g/mol. The molecule has 4 rings (SSSR count). The Kier molecular flexibility index (Phi) is 5.42. The van der Waals surface area contributed by atoms with Crippen LogP contribution in [0.5, 0.6) is 0 Å². The van der Waals surface area contributed by atoms with Crippen LogP contribution in [0.1, 0.15) is 43.0 Å². The molecule has 7 nitrogen and oxygen atoms in total. The molecule has 2 aliphatic rings. The van der Waals surface area contributed by atoms with Crippen LogP contribution in [0.2, 0.25) is 0 Å². The number of fused-ring (bicyclic) bond motifs is 3. The van der Waals surface area contributed by atoms with Crippen molar-refractivity contribution >= 4 is 27.5 Å². The number of quaternary nitrogens is 1. The molecular formula is C20H27N3O4S. The fourth-order valence-corrected chi connectivity index (χ4v) is 6.00. The lowest BCUT2D eigenvalue weighted by molar-refractivity contribution is -0.905. The lowest BCUT2D eigenvalue weighted by Gasteiger charge is -2.24. The molecule has 1 atom stereocenters. The van der Waals surface area contributed by atoms with Gasteiger partial charge in [-0.15, -0.1) is 11.3 Å². The zero-order valence-electron chi connectivity index (χ0n) is 16.3. The zero-order valence-corrected chi connectivity index (χ0v) is 17.1. The van der Waals surface area contributed by atoms with Gasteiger partial charge in [0.25, 0.3) is 5.56 Å². The van der Waals surface area contributed by atoms with Crippen LogP contribution in [0.4, 0.5) is 0 Å². The maximum atomic E-state index is 13.0. The first kappa shape index (κ1) is 19.4. The Morgan fingerprint density at radius 1 is 1.21 bits per heavy atom. The first-order valence-electron chi connectivity index (χ1n) is 10.3. The van der Waals surface area contributed by atoms with Crippen molar-refractivity contribution in [1.29, 1.82) is 0 Å². The summed E-state index contributed by atoms with van der Waals surface area (Å²) in [4.78, 5) is 40.6. The molecule has 152 valence electrons. The number of carbonyl (C=O) groups is 1. The number of carboxylic acids is 1. The summed E-state index contributed by atoms with van der Waals surface area (Å²) in [6, 6.07) is 0. The summed E-state index contributed by atoms with van der Waals surface area (Å²) in [7, 11) is 0. The SMILES string of the molecule is C[C@H]1CCc2sc3c(c2C1)c(=O)n(CC(=O)[O-])c(=O)n3CC[NH+]1CCCCC1. The Balaban J connectivity index is 1.83. The highest BCUT2D eigenvalue weighted by Crippen LogP contribution is 2.36. The van der Waals surface area contributed by atoms with Crippen molar-refractivity contribution in [2.24, 2.45) is 5.92 Å². The molecule has 3 heterocycles. The van der Waals surface area contributed by atoms with Crippen molar-refractivity contribution in [1.82, 2.24) is 9.13 Å². The Labute approximate surface area is 167 Å². The molecule has 1 saturated heterocycles. The Bertz CT molecular complexity index is 1010. The van der Waals surface area contributed by atoms with E-state index in [-0.39, 0.29) is 0 Å². The molecule has 0 spiro atoms. The summed E-state index contributed by atoms with van der Waals surface area (Å²) in [6.45, 7) is 5.01. The van der Waals surface area contributed by atoms with E-state index in [1.54, 1.807) is 15.9 Å². The largest absolute Gasteiger partial charge is 0.548 e. The van der Waals surface area contributed by atoms with Gasteiger partial charge in [0.05, 0.1) is 44.1 Å². The number of aryl methyl sites for hydroxylation is 1. The normalized spacial score (nSPS) is 20.4. The van der Waals surface area contributed by atoms with Crippen molar-refractivity contribution in [3.05, 3.63) is 31.3 Å². The van der Waals surface area contributed by atoms with Crippen molar-refractivity contribution < 1.29 is 14.8 Å². The third-order valence-electron chi connectivity index (χ3n) is 6.19. The lowest BCUT2D eigenvalue weighted by atomic mass is 9.89. The molecule has 1 N–H and O–H groups in total. The standard InChI is InChI=1S/C20H27N3O4S/c1-13-5-6-15-14(11-13)17-18(26)23(12-16(24)25)20(27)22(19(17)28-15)10-9-21-7-3-2-4-8-21/h13H,2-12H2,1H3,(H,24,25)/t13-/m0/s1. The number of aromatic nitrogens is 2. The first-order valence-corrected chi connectivity index (χ1v) is 11.1. The number of carboxylic acid groups (broad SMARTS) is 1. The number of hydrogen-bond acceptors (Lipinski definition) is 5. The van der Waals surface area contributed by atoms with Gasteiger partial charge >= 0.3 is 5.69 Å². The molecule has 28 heavy (non-hydrogen) atoms. The van der Waals surface area contributed by atoms with E-state index in [4.69, 9.17) is 0 Å². The van der Waals surface area contributed by atoms with Crippen molar-refractivity contribution in [2.75, 3.05) is 19.6 Å². The maximum Gasteiger partial charge on any atom is 0.332 e. The van der Waals surface area contributed by atoms with Gasteiger partial charge in [0.1, 0.15) is 4.83 Å². The molecule has 0 bridgehead atoms. The number of nitrogens with zero attached hydrogens (tertiary/aromatic N) is 2. The Morgan fingerprint density at radius 2 is 1.96 bits per heavy atom. The summed E-state index contributed by atoms with van der Waals surface area (Å²) in [6.07, 6.45) is 6.48. The van der Waals surface area contributed by atoms with E-state index in [0.29, 0.717) is 17.8 Å². The van der Waals surface area contributed by atoms with Crippen LogP contribution in [0.3, 0.4) is 0 Å². The number of hydrogen-bond donors (Lipinski definition) is 1. The molecule has 1 aliphatic heterocycles. The van der Waals surface area contributed by atoms with E-state index in [1.807, 2.05) is 0 Å². The van der Waals surface area contributed by atoms with Gasteiger partial charge in [-0.3, -0.25) is 13.9 Å². The van der Waals surface area contributed by atoms with Gasteiger partial charge < -0.3 is 14.8 Å². The zero-order chi connectivity index (χ0) is 19.8. The van der Waals surface area contributed by atoms with Crippen molar-refractivity contribution in [3.63, 3.8) is 0 Å². The van der Waals surface area contributed by atoms with Crippen LogP contribution in [0.15, 0.2) is 9.59 Å². The second-order valence-corrected chi connectivity index (χ2v) is 9.37. The van der Waals surface area contributed by atoms with Crippen LogP contribution >= 0.6 is 11.3 Å². The molecule has 8 heteroatoms. The van der Waals surface area contributed by atoms with E-state index in [1.165, 1.54) is 29.0 Å². The Hall–Kier alpha value is -1.93. The summed E-state index contributed by atoms with van der Waals surface area (Å²) in [5.41, 5.74) is 0.0250. The second kappa shape index (κ2) is 7.83. The minimum absolute atomic E-state index is 0.475. The van der Waals surface area contributed by atoms with Crippen LogP contribution in [-0.4, -0.2) is 34.7 Å². The number of rotatable bonds is 5. The maximum absolute atomic E-state index is 13.0. The number of aliphatic carboxylic acids is 1. The van der Waals surface area contributed by atoms with Gasteiger partial charge in [-0.05, 0) is 50.0 Å². The monoisotopic (exact) mass is 405 g/mol. The average molecular weight is 406 g/mol. The summed E-state index contributed by atoms with van der Waals surface area (Å²) < 4.78 is 2.50. The number of piperidine rings is 1. The fraction of sp³-hybridized carbons (Fsp3) is 0.650. The highest BCUT2D eigenvalue weighted by molar-refractivity contribution is 7.18. The van der Waals surface area contributed by atoms with Gasteiger partial charge in [-0.2, -0.15) is 0 Å². The molecule has 2 aromatic heterocycles. The van der Waals surface area contributed by atoms with Crippen molar-refractivity contribution in [2.45, 2.75) is 58.5 Å². The average Bonchev–Trinajstić information content (AvgIpc) is 3.04. The molecule has 0 amide bonds. The second-order valence-electron chi connectivity index (χ2n) is 8.29. The van der Waals surface area contributed by atoms with Gasteiger partial charge in [-0.1, -0.05) is 6.92 Å². The smallest absolute Gasteiger partial charge is 0.332 e. The topological polar surface area (TPSA) is 88.6 Å². The summed E-state index contributed by atoms with van der Waals surface area (Å²) in [5.74, 6) is -0.929. The van der Waals surface area contributed by atoms with Crippen LogP contribution in [0.25, 0.3) is 10.2 Å². The molecule has 1 fully saturated rings. The van der Waals surface area contributed by atoms with E-state index >= 15 is 0 Å². The lowest BCUT2D eigenvalue weighted by Crippen LogP contribution is -3.13. The number of carbonyl (C=O) groups excluding carboxylic acids is 1. The van der Waals surface area contributed by atoms with Crippen LogP contribution in [0, 0.1) is 5.92 Å². The summed E-state index contributed by atoms with van der Waals surface area (Å²) in [5, 5.41) is 11.7. The fourth-order valence-electron chi connectivity index (χ4n) is 4.65. The third kappa shape index (κ3) is 3.55. The number of thiophene rings is 1. The van der Waals surface area contributed by atoms with Crippen LogP contribution < -0.4 is 21.3 Å². The molecule has 0 saturated carbocycles. The highest BCUT2D eigenvalue weighted by Gasteiger charge is 2.26. The molecule has 2 aromatic rings. The predicted molar refractivity (Wildman–Crippen MR) is 106 cm³/mol. The van der Waals surface area contributed by atoms with E-state index in [9.17, 15) is 19.5 Å². The predicted octanol–water partition coefficient (Wildman–Crippen LogP) is -0.832. The minimum atomic E-state index is -1.41. The van der Waals surface area contributed by atoms with Gasteiger partial charge in [0.15, 0.2) is 0 Å². The van der Waals surface area contributed by atoms with E-state index < -0.39 is 23.8 Å². The van der Waals surface area contributed by atoms with Gasteiger partial charge in [-0.25, -0.2) is 4.79 Å². The molecule has 0 unspecified atom stereocenters. The molecule has 0 aromatic carbocycles. The number of likely N-dealkylation sites (tertiary alicyclic amines) is 1. The van der Waals surface area contributed by atoms with Crippen molar-refractivity contribution in [3.8, 4) is 0 Å². The van der Waals surface area contributed by atoms with E-state index in [2.05, 4.69) is 6.92 Å². The summed E-state index contributed by atoms with van der Waals surface area (Å²) >= 11 is 1.55. The quantitative estimate of drug-likeness (QED) is 0.703. The van der Waals surface area contributed by atoms with E-state index in [0.717, 1.165) is 53.9 Å². The van der Waals surface area contributed by atoms with Gasteiger partial charge in [0, 0.05) is 4.88 Å². The third-order valence-corrected chi connectivity index (χ3v) is 7.51.